The summed E-state index contributed by atoms with van der Waals surface area (Å²) in [5.74, 6) is -0.372. The molecule has 0 fully saturated rings. The molecule has 2 aromatic carbocycles. The topological polar surface area (TPSA) is 86.0 Å². The molecule has 1 amide bonds. The van der Waals surface area contributed by atoms with Crippen LogP contribution >= 0.6 is 0 Å². The van der Waals surface area contributed by atoms with Gasteiger partial charge < -0.3 is 5.32 Å². The van der Waals surface area contributed by atoms with E-state index in [2.05, 4.69) is 10.3 Å². The number of nitrogens with zero attached hydrogens (tertiary/aromatic N) is 3. The number of hydrogen-bond donors (Lipinski definition) is 1. The molecule has 140 valence electrons. The van der Waals surface area contributed by atoms with E-state index >= 15 is 0 Å². The van der Waals surface area contributed by atoms with E-state index in [-0.39, 0.29) is 22.6 Å². The molecular formula is C21H18N4O3. The molecule has 0 saturated heterocycles. The summed E-state index contributed by atoms with van der Waals surface area (Å²) in [5, 5.41) is 5.36. The molecule has 2 aromatic heterocycles. The van der Waals surface area contributed by atoms with Gasteiger partial charge in [-0.05, 0) is 34.5 Å². The van der Waals surface area contributed by atoms with Crippen molar-refractivity contribution in [2.75, 3.05) is 0 Å². The Morgan fingerprint density at radius 3 is 2.50 bits per heavy atom. The van der Waals surface area contributed by atoms with Gasteiger partial charge in [-0.2, -0.15) is 0 Å². The fourth-order valence-electron chi connectivity index (χ4n) is 3.20. The van der Waals surface area contributed by atoms with Crippen LogP contribution in [0.1, 0.15) is 16.1 Å². The van der Waals surface area contributed by atoms with Gasteiger partial charge in [0.15, 0.2) is 0 Å². The number of aryl methyl sites for hydroxylation is 1. The molecule has 0 radical (unpaired) electrons. The quantitative estimate of drug-likeness (QED) is 0.592. The monoisotopic (exact) mass is 374 g/mol. The molecule has 0 bridgehead atoms. The summed E-state index contributed by atoms with van der Waals surface area (Å²) in [5.41, 5.74) is 0.379. The number of amides is 1. The van der Waals surface area contributed by atoms with Crippen LogP contribution in [0, 0.1) is 0 Å². The minimum Gasteiger partial charge on any atom is -0.347 e. The summed E-state index contributed by atoms with van der Waals surface area (Å²) in [4.78, 5) is 41.1. The Balaban J connectivity index is 1.61. The number of fused-ring (bicyclic) bond motifs is 2. The number of pyridine rings is 1. The average molecular weight is 374 g/mol. The van der Waals surface area contributed by atoms with Crippen molar-refractivity contribution in [2.24, 2.45) is 14.1 Å². The average Bonchev–Trinajstić information content (AvgIpc) is 2.74. The van der Waals surface area contributed by atoms with Gasteiger partial charge >= 0.3 is 5.69 Å². The highest BCUT2D eigenvalue weighted by atomic mass is 16.2. The Hall–Kier alpha value is -3.74. The summed E-state index contributed by atoms with van der Waals surface area (Å²) in [7, 11) is 2.93. The molecule has 7 heteroatoms. The molecule has 0 atom stereocenters. The third-order valence-electron chi connectivity index (χ3n) is 4.80. The van der Waals surface area contributed by atoms with Crippen molar-refractivity contribution in [3.05, 3.63) is 86.7 Å². The lowest BCUT2D eigenvalue weighted by Gasteiger charge is -2.09. The van der Waals surface area contributed by atoms with Crippen molar-refractivity contribution in [2.45, 2.75) is 6.54 Å². The first-order chi connectivity index (χ1) is 13.5. The molecule has 0 aliphatic carbocycles. The van der Waals surface area contributed by atoms with Crippen LogP contribution in [0.2, 0.25) is 0 Å². The highest BCUT2D eigenvalue weighted by Crippen LogP contribution is 2.15. The second-order valence-electron chi connectivity index (χ2n) is 6.64. The number of carbonyl (C=O) groups is 1. The molecule has 4 rings (SSSR count). The van der Waals surface area contributed by atoms with E-state index in [0.717, 1.165) is 20.9 Å². The molecule has 0 aliphatic heterocycles. The van der Waals surface area contributed by atoms with Gasteiger partial charge in [0.2, 0.25) is 0 Å². The molecule has 28 heavy (non-hydrogen) atoms. The van der Waals surface area contributed by atoms with E-state index in [9.17, 15) is 14.4 Å². The van der Waals surface area contributed by atoms with Crippen molar-refractivity contribution in [3.8, 4) is 0 Å². The SMILES string of the molecule is Cn1c(=O)c2ccc(C(=O)NCc3ccc4ccccc4c3)nc2n(C)c1=O. The van der Waals surface area contributed by atoms with Gasteiger partial charge in [0.25, 0.3) is 11.5 Å². The lowest BCUT2D eigenvalue weighted by molar-refractivity contribution is 0.0946. The minimum absolute atomic E-state index is 0.150. The fraction of sp³-hybridized carbons (Fsp3) is 0.143. The largest absolute Gasteiger partial charge is 0.347 e. The van der Waals surface area contributed by atoms with Crippen molar-refractivity contribution < 1.29 is 4.79 Å². The van der Waals surface area contributed by atoms with Crippen LogP contribution in [-0.4, -0.2) is 20.0 Å². The Labute approximate surface area is 159 Å². The van der Waals surface area contributed by atoms with Gasteiger partial charge in [-0.3, -0.25) is 18.7 Å². The van der Waals surface area contributed by atoms with E-state index in [1.165, 1.54) is 30.8 Å². The Bertz CT molecular complexity index is 1350. The molecule has 4 aromatic rings. The van der Waals surface area contributed by atoms with Crippen LogP contribution in [0.25, 0.3) is 21.8 Å². The van der Waals surface area contributed by atoms with Gasteiger partial charge in [-0.25, -0.2) is 9.78 Å². The standard InChI is InChI=1S/C21H18N4O3/c1-24-18-16(20(27)25(2)21(24)28)9-10-17(23-18)19(26)22-12-13-7-8-14-5-3-4-6-15(14)11-13/h3-11H,12H2,1-2H3,(H,22,26). The van der Waals surface area contributed by atoms with E-state index < -0.39 is 11.2 Å². The summed E-state index contributed by atoms with van der Waals surface area (Å²) >= 11 is 0. The molecule has 0 aliphatic rings. The fourth-order valence-corrected chi connectivity index (χ4v) is 3.20. The van der Waals surface area contributed by atoms with Gasteiger partial charge in [-0.1, -0.05) is 36.4 Å². The third kappa shape index (κ3) is 2.96. The van der Waals surface area contributed by atoms with Crippen LogP contribution < -0.4 is 16.6 Å². The number of aromatic nitrogens is 3. The number of carbonyl (C=O) groups excluding carboxylic acids is 1. The lowest BCUT2D eigenvalue weighted by Crippen LogP contribution is -2.37. The van der Waals surface area contributed by atoms with Crippen molar-refractivity contribution in [1.82, 2.24) is 19.4 Å². The molecule has 0 unspecified atom stereocenters. The van der Waals surface area contributed by atoms with Gasteiger partial charge in [-0.15, -0.1) is 0 Å². The molecule has 1 N–H and O–H groups in total. The first-order valence-corrected chi connectivity index (χ1v) is 8.78. The summed E-state index contributed by atoms with van der Waals surface area (Å²) in [6.45, 7) is 0.346. The highest BCUT2D eigenvalue weighted by Gasteiger charge is 2.13. The smallest absolute Gasteiger partial charge is 0.332 e. The number of hydrogen-bond acceptors (Lipinski definition) is 4. The number of nitrogens with one attached hydrogen (secondary N) is 1. The minimum atomic E-state index is -0.487. The van der Waals surface area contributed by atoms with E-state index in [0.29, 0.717) is 6.54 Å². The van der Waals surface area contributed by atoms with Crippen molar-refractivity contribution in [1.29, 1.82) is 0 Å². The maximum atomic E-state index is 12.5. The number of rotatable bonds is 3. The third-order valence-corrected chi connectivity index (χ3v) is 4.80. The second-order valence-corrected chi connectivity index (χ2v) is 6.64. The van der Waals surface area contributed by atoms with Crippen LogP contribution in [0.5, 0.6) is 0 Å². The van der Waals surface area contributed by atoms with Crippen molar-refractivity contribution in [3.63, 3.8) is 0 Å². The van der Waals surface area contributed by atoms with Gasteiger partial charge in [0.05, 0.1) is 5.39 Å². The van der Waals surface area contributed by atoms with Crippen LogP contribution in [0.3, 0.4) is 0 Å². The molecule has 0 spiro atoms. The molecule has 0 saturated carbocycles. The van der Waals surface area contributed by atoms with E-state index in [1.807, 2.05) is 42.5 Å². The summed E-state index contributed by atoms with van der Waals surface area (Å²) < 4.78 is 2.28. The van der Waals surface area contributed by atoms with Gasteiger partial charge in [0, 0.05) is 20.6 Å². The first kappa shape index (κ1) is 17.7. The molecule has 7 nitrogen and oxygen atoms in total. The predicted octanol–water partition coefficient (Wildman–Crippen LogP) is 1.72. The first-order valence-electron chi connectivity index (χ1n) is 8.78. The number of benzene rings is 2. The maximum absolute atomic E-state index is 12.5. The Morgan fingerprint density at radius 1 is 0.964 bits per heavy atom. The van der Waals surface area contributed by atoms with Crippen LogP contribution in [-0.2, 0) is 20.6 Å². The zero-order valence-corrected chi connectivity index (χ0v) is 15.5. The van der Waals surface area contributed by atoms with E-state index in [1.54, 1.807) is 0 Å². The van der Waals surface area contributed by atoms with E-state index in [4.69, 9.17) is 0 Å². The predicted molar refractivity (Wildman–Crippen MR) is 107 cm³/mol. The summed E-state index contributed by atoms with van der Waals surface area (Å²) in [6, 6.07) is 17.0. The lowest BCUT2D eigenvalue weighted by atomic mass is 10.1. The Morgan fingerprint density at radius 2 is 1.71 bits per heavy atom. The maximum Gasteiger partial charge on any atom is 0.332 e. The normalized spacial score (nSPS) is 11.1. The van der Waals surface area contributed by atoms with Crippen LogP contribution in [0.4, 0.5) is 0 Å². The zero-order chi connectivity index (χ0) is 19.8. The second kappa shape index (κ2) is 6.77. The van der Waals surface area contributed by atoms with Crippen LogP contribution in [0.15, 0.2) is 64.2 Å². The Kier molecular flexibility index (Phi) is 4.27. The van der Waals surface area contributed by atoms with Crippen molar-refractivity contribution >= 4 is 27.7 Å². The summed E-state index contributed by atoms with van der Waals surface area (Å²) in [6.07, 6.45) is 0. The van der Waals surface area contributed by atoms with Gasteiger partial charge in [0.1, 0.15) is 11.3 Å². The molecule has 2 heterocycles. The molecular weight excluding hydrogens is 356 g/mol. The zero-order valence-electron chi connectivity index (χ0n) is 15.5. The highest BCUT2D eigenvalue weighted by molar-refractivity contribution is 5.94.